The van der Waals surface area contributed by atoms with Gasteiger partial charge in [-0.25, -0.2) is 0 Å². The number of Topliss-reactive ketones (excluding diaryl/α,β-unsaturated/α-hetero) is 1. The maximum Gasteiger partial charge on any atom is 0.195 e. The molecule has 3 nitrogen and oxygen atoms in total. The van der Waals surface area contributed by atoms with Gasteiger partial charge in [-0.1, -0.05) is 55.5 Å². The van der Waals surface area contributed by atoms with Crippen molar-refractivity contribution in [3.8, 4) is 10.6 Å². The highest BCUT2D eigenvalue weighted by atomic mass is 32.1. The van der Waals surface area contributed by atoms with Gasteiger partial charge in [0, 0.05) is 11.5 Å². The minimum Gasteiger partial charge on any atom is -0.291 e. The third-order valence-electron chi connectivity index (χ3n) is 2.18. The zero-order valence-corrected chi connectivity index (χ0v) is 9.99. The minimum absolute atomic E-state index is 0.0310. The Morgan fingerprint density at radius 1 is 1.19 bits per heavy atom. The molecule has 0 saturated heterocycles. The fourth-order valence-electron chi connectivity index (χ4n) is 1.27. The number of hydrogen-bond acceptors (Lipinski definition) is 4. The number of hydrogen-bond donors (Lipinski definition) is 0. The molecule has 0 N–H and O–H groups in total. The number of ketones is 1. The summed E-state index contributed by atoms with van der Waals surface area (Å²) in [6.45, 7) is 3.73. The van der Waals surface area contributed by atoms with E-state index in [-0.39, 0.29) is 11.7 Å². The Kier molecular flexibility index (Phi) is 3.10. The summed E-state index contributed by atoms with van der Waals surface area (Å²) >= 11 is 1.35. The Morgan fingerprint density at radius 3 is 2.50 bits per heavy atom. The quantitative estimate of drug-likeness (QED) is 0.764. The number of nitrogens with zero attached hydrogens (tertiary/aromatic N) is 2. The van der Waals surface area contributed by atoms with Gasteiger partial charge in [0.2, 0.25) is 0 Å². The molecule has 0 amide bonds. The summed E-state index contributed by atoms with van der Waals surface area (Å²) in [5, 5.41) is 9.26. The molecule has 82 valence electrons. The van der Waals surface area contributed by atoms with Crippen LogP contribution in [-0.2, 0) is 0 Å². The Morgan fingerprint density at radius 2 is 1.88 bits per heavy atom. The van der Waals surface area contributed by atoms with Gasteiger partial charge < -0.3 is 0 Å². The maximum absolute atomic E-state index is 11.7. The van der Waals surface area contributed by atoms with Crippen LogP contribution in [0.3, 0.4) is 0 Å². The molecule has 0 aliphatic heterocycles. The Bertz CT molecular complexity index is 491. The second-order valence-corrected chi connectivity index (χ2v) is 4.77. The lowest BCUT2D eigenvalue weighted by atomic mass is 10.1. The van der Waals surface area contributed by atoms with Gasteiger partial charge in [-0.3, -0.25) is 4.79 Å². The molecule has 0 atom stereocenters. The fraction of sp³-hybridized carbons (Fsp3) is 0.250. The van der Waals surface area contributed by atoms with Gasteiger partial charge in [-0.05, 0) is 0 Å². The molecular formula is C12H12N2OS. The first-order chi connectivity index (χ1) is 7.68. The lowest BCUT2D eigenvalue weighted by Crippen LogP contribution is -2.06. The molecular weight excluding hydrogens is 220 g/mol. The van der Waals surface area contributed by atoms with Crippen LogP contribution in [0.1, 0.15) is 23.6 Å². The average Bonchev–Trinajstić information content (AvgIpc) is 2.78. The highest BCUT2D eigenvalue weighted by Crippen LogP contribution is 2.24. The average molecular weight is 232 g/mol. The number of benzene rings is 1. The Hall–Kier alpha value is -1.55. The van der Waals surface area contributed by atoms with Crippen molar-refractivity contribution in [2.75, 3.05) is 0 Å². The van der Waals surface area contributed by atoms with Crippen LogP contribution < -0.4 is 0 Å². The number of aromatic nitrogens is 2. The first-order valence-electron chi connectivity index (χ1n) is 5.11. The molecule has 0 spiro atoms. The standard InChI is InChI=1S/C12H12N2OS/c1-8(2)10(15)12-14-13-11(16-12)9-6-4-3-5-7-9/h3-8H,1-2H3. The largest absolute Gasteiger partial charge is 0.291 e. The summed E-state index contributed by atoms with van der Waals surface area (Å²) in [7, 11) is 0. The molecule has 2 aromatic rings. The topological polar surface area (TPSA) is 42.9 Å². The molecule has 4 heteroatoms. The Labute approximate surface area is 98.2 Å². The smallest absolute Gasteiger partial charge is 0.195 e. The van der Waals surface area contributed by atoms with Crippen LogP contribution in [0.25, 0.3) is 10.6 Å². The van der Waals surface area contributed by atoms with E-state index in [0.717, 1.165) is 10.6 Å². The highest BCUT2D eigenvalue weighted by molar-refractivity contribution is 7.16. The second kappa shape index (κ2) is 4.53. The second-order valence-electron chi connectivity index (χ2n) is 3.80. The number of carbonyl (C=O) groups excluding carboxylic acids is 1. The summed E-state index contributed by atoms with van der Waals surface area (Å²) in [5.74, 6) is 0.0243. The molecule has 2 rings (SSSR count). The van der Waals surface area contributed by atoms with Crippen LogP contribution in [-0.4, -0.2) is 16.0 Å². The van der Waals surface area contributed by atoms with E-state index >= 15 is 0 Å². The molecule has 1 heterocycles. The zero-order chi connectivity index (χ0) is 11.5. The summed E-state index contributed by atoms with van der Waals surface area (Å²) in [4.78, 5) is 11.7. The monoisotopic (exact) mass is 232 g/mol. The molecule has 1 aromatic heterocycles. The summed E-state index contributed by atoms with van der Waals surface area (Å²) in [5.41, 5.74) is 1.00. The fourth-order valence-corrected chi connectivity index (χ4v) is 2.20. The molecule has 0 aliphatic carbocycles. The van der Waals surface area contributed by atoms with E-state index in [1.807, 2.05) is 44.2 Å². The van der Waals surface area contributed by atoms with Crippen LogP contribution >= 0.6 is 11.3 Å². The van der Waals surface area contributed by atoms with Gasteiger partial charge in [-0.2, -0.15) is 0 Å². The van der Waals surface area contributed by atoms with Gasteiger partial charge in [0.25, 0.3) is 0 Å². The first-order valence-corrected chi connectivity index (χ1v) is 5.93. The normalized spacial score (nSPS) is 10.7. The highest BCUT2D eigenvalue weighted by Gasteiger charge is 2.16. The maximum atomic E-state index is 11.7. The third kappa shape index (κ3) is 2.17. The van der Waals surface area contributed by atoms with Crippen molar-refractivity contribution in [3.05, 3.63) is 35.3 Å². The predicted octanol–water partition coefficient (Wildman–Crippen LogP) is 3.04. The molecule has 0 unspecified atom stereocenters. The van der Waals surface area contributed by atoms with Crippen LogP contribution in [0.4, 0.5) is 0 Å². The van der Waals surface area contributed by atoms with Gasteiger partial charge in [0.15, 0.2) is 10.8 Å². The van der Waals surface area contributed by atoms with Gasteiger partial charge in [0.1, 0.15) is 5.01 Å². The van der Waals surface area contributed by atoms with Crippen molar-refractivity contribution in [2.24, 2.45) is 5.92 Å². The summed E-state index contributed by atoms with van der Waals surface area (Å²) in [6.07, 6.45) is 0. The minimum atomic E-state index is -0.0310. The SMILES string of the molecule is CC(C)C(=O)c1nnc(-c2ccccc2)s1. The van der Waals surface area contributed by atoms with Crippen molar-refractivity contribution in [2.45, 2.75) is 13.8 Å². The molecule has 0 radical (unpaired) electrons. The van der Waals surface area contributed by atoms with Crippen molar-refractivity contribution in [3.63, 3.8) is 0 Å². The van der Waals surface area contributed by atoms with Gasteiger partial charge in [-0.15, -0.1) is 10.2 Å². The van der Waals surface area contributed by atoms with Crippen LogP contribution in [0.15, 0.2) is 30.3 Å². The van der Waals surface area contributed by atoms with E-state index in [0.29, 0.717) is 5.01 Å². The predicted molar refractivity (Wildman–Crippen MR) is 64.5 cm³/mol. The lowest BCUT2D eigenvalue weighted by Gasteiger charge is -1.96. The third-order valence-corrected chi connectivity index (χ3v) is 3.17. The van der Waals surface area contributed by atoms with Crippen LogP contribution in [0.5, 0.6) is 0 Å². The Balaban J connectivity index is 2.30. The molecule has 16 heavy (non-hydrogen) atoms. The van der Waals surface area contributed by atoms with Crippen molar-refractivity contribution in [1.82, 2.24) is 10.2 Å². The van der Waals surface area contributed by atoms with E-state index in [9.17, 15) is 4.79 Å². The van der Waals surface area contributed by atoms with E-state index < -0.39 is 0 Å². The van der Waals surface area contributed by atoms with Gasteiger partial charge in [0.05, 0.1) is 0 Å². The van der Waals surface area contributed by atoms with Crippen LogP contribution in [0.2, 0.25) is 0 Å². The van der Waals surface area contributed by atoms with E-state index in [4.69, 9.17) is 0 Å². The van der Waals surface area contributed by atoms with Crippen molar-refractivity contribution < 1.29 is 4.79 Å². The molecule has 0 bridgehead atoms. The molecule has 0 aliphatic rings. The van der Waals surface area contributed by atoms with E-state index in [1.165, 1.54) is 11.3 Å². The first kappa shape index (κ1) is 11.0. The summed E-state index contributed by atoms with van der Waals surface area (Å²) in [6, 6.07) is 9.76. The summed E-state index contributed by atoms with van der Waals surface area (Å²) < 4.78 is 0. The van der Waals surface area contributed by atoms with E-state index in [1.54, 1.807) is 0 Å². The van der Waals surface area contributed by atoms with Crippen LogP contribution in [0, 0.1) is 5.92 Å². The number of carbonyl (C=O) groups is 1. The van der Waals surface area contributed by atoms with E-state index in [2.05, 4.69) is 10.2 Å². The lowest BCUT2D eigenvalue weighted by molar-refractivity contribution is 0.0938. The molecule has 1 aromatic carbocycles. The molecule has 0 fully saturated rings. The van der Waals surface area contributed by atoms with Gasteiger partial charge >= 0.3 is 0 Å². The van der Waals surface area contributed by atoms with Crippen molar-refractivity contribution in [1.29, 1.82) is 0 Å². The number of rotatable bonds is 3. The molecule has 0 saturated carbocycles. The zero-order valence-electron chi connectivity index (χ0n) is 9.18. The van der Waals surface area contributed by atoms with Crippen molar-refractivity contribution >= 4 is 17.1 Å².